The summed E-state index contributed by atoms with van der Waals surface area (Å²) in [5, 5.41) is 0. The van der Waals surface area contributed by atoms with Gasteiger partial charge in [-0.3, -0.25) is 14.4 Å². The molecule has 1 aliphatic heterocycles. The van der Waals surface area contributed by atoms with E-state index in [0.29, 0.717) is 24.4 Å². The molecule has 1 unspecified atom stereocenters. The summed E-state index contributed by atoms with van der Waals surface area (Å²) < 4.78 is 10.3. The van der Waals surface area contributed by atoms with E-state index in [1.54, 1.807) is 38.5 Å². The second kappa shape index (κ2) is 8.77. The van der Waals surface area contributed by atoms with Gasteiger partial charge in [0.2, 0.25) is 11.8 Å². The van der Waals surface area contributed by atoms with Gasteiger partial charge in [0, 0.05) is 13.5 Å². The number of benzene rings is 2. The smallest absolute Gasteiger partial charge is 0.257 e. The Balaban J connectivity index is 1.74. The lowest BCUT2D eigenvalue weighted by molar-refractivity contribution is -0.136. The van der Waals surface area contributed by atoms with Gasteiger partial charge in [0.15, 0.2) is 0 Å². The van der Waals surface area contributed by atoms with Crippen molar-refractivity contribution in [1.82, 2.24) is 4.90 Å². The minimum Gasteiger partial charge on any atom is -0.497 e. The number of nitrogens with zero attached hydrogens (tertiary/aromatic N) is 2. The van der Waals surface area contributed by atoms with Crippen LogP contribution in [0.2, 0.25) is 0 Å². The molecule has 2 aromatic rings. The number of amides is 3. The van der Waals surface area contributed by atoms with Crippen LogP contribution in [0.4, 0.5) is 5.69 Å². The van der Waals surface area contributed by atoms with Crippen molar-refractivity contribution in [3.63, 3.8) is 0 Å². The lowest BCUT2D eigenvalue weighted by Crippen LogP contribution is -2.45. The summed E-state index contributed by atoms with van der Waals surface area (Å²) in [6, 6.07) is 13.4. The van der Waals surface area contributed by atoms with Crippen molar-refractivity contribution in [3.05, 3.63) is 54.1 Å². The Morgan fingerprint density at radius 3 is 2.07 bits per heavy atom. The van der Waals surface area contributed by atoms with Crippen molar-refractivity contribution in [2.75, 3.05) is 25.7 Å². The number of hydrogen-bond donors (Lipinski definition) is 0. The number of anilines is 1. The summed E-state index contributed by atoms with van der Waals surface area (Å²) in [6.07, 6.45) is 0.553. The molecule has 7 nitrogen and oxygen atoms in total. The molecule has 1 saturated heterocycles. The van der Waals surface area contributed by atoms with Crippen LogP contribution in [-0.2, 0) is 20.8 Å². The van der Waals surface area contributed by atoms with Crippen LogP contribution >= 0.6 is 0 Å². The quantitative estimate of drug-likeness (QED) is 0.672. The molecule has 7 heteroatoms. The molecule has 1 fully saturated rings. The topological polar surface area (TPSA) is 76.2 Å². The first-order chi connectivity index (χ1) is 13.9. The summed E-state index contributed by atoms with van der Waals surface area (Å²) in [7, 11) is 3.15. The van der Waals surface area contributed by atoms with Crippen LogP contribution in [0.1, 0.15) is 18.9 Å². The van der Waals surface area contributed by atoms with E-state index in [-0.39, 0.29) is 24.1 Å². The van der Waals surface area contributed by atoms with Gasteiger partial charge in [-0.25, -0.2) is 4.90 Å². The van der Waals surface area contributed by atoms with E-state index < -0.39 is 6.04 Å². The predicted octanol–water partition coefficient (Wildman–Crippen LogP) is 2.43. The molecule has 3 amide bonds. The van der Waals surface area contributed by atoms with E-state index in [4.69, 9.17) is 9.47 Å². The largest absolute Gasteiger partial charge is 0.497 e. The fourth-order valence-electron chi connectivity index (χ4n) is 3.44. The number of ether oxygens (including phenoxy) is 2. The highest BCUT2D eigenvalue weighted by molar-refractivity contribution is 6.23. The highest BCUT2D eigenvalue weighted by atomic mass is 16.5. The number of methoxy groups -OCH3 is 2. The Labute approximate surface area is 169 Å². The Hall–Kier alpha value is -3.35. The van der Waals surface area contributed by atoms with Crippen molar-refractivity contribution in [2.24, 2.45) is 0 Å². The van der Waals surface area contributed by atoms with Gasteiger partial charge in [-0.2, -0.15) is 0 Å². The first kappa shape index (κ1) is 20.4. The molecule has 1 atom stereocenters. The zero-order valence-corrected chi connectivity index (χ0v) is 16.8. The number of hydrogen-bond acceptors (Lipinski definition) is 5. The number of carbonyl (C=O) groups excluding carboxylic acids is 3. The molecule has 0 radical (unpaired) electrons. The number of carbonyl (C=O) groups is 3. The van der Waals surface area contributed by atoms with Crippen molar-refractivity contribution >= 4 is 23.4 Å². The van der Waals surface area contributed by atoms with Crippen LogP contribution in [0.25, 0.3) is 0 Å². The zero-order chi connectivity index (χ0) is 21.0. The summed E-state index contributed by atoms with van der Waals surface area (Å²) in [4.78, 5) is 40.4. The van der Waals surface area contributed by atoms with Crippen LogP contribution in [0.3, 0.4) is 0 Å². The summed E-state index contributed by atoms with van der Waals surface area (Å²) in [6.45, 7) is 1.77. The third-order valence-corrected chi connectivity index (χ3v) is 5.03. The van der Waals surface area contributed by atoms with Crippen LogP contribution in [-0.4, -0.2) is 49.4 Å². The van der Waals surface area contributed by atoms with Crippen molar-refractivity contribution in [3.8, 4) is 11.5 Å². The highest BCUT2D eigenvalue weighted by Crippen LogP contribution is 2.27. The average molecular weight is 396 g/mol. The molecule has 0 bridgehead atoms. The van der Waals surface area contributed by atoms with E-state index in [1.807, 2.05) is 24.3 Å². The molecule has 1 aliphatic rings. The molecule has 0 aromatic heterocycles. The average Bonchev–Trinajstić information content (AvgIpc) is 3.02. The molecular formula is C22H24N2O5. The first-order valence-corrected chi connectivity index (χ1v) is 9.35. The molecule has 0 aliphatic carbocycles. The van der Waals surface area contributed by atoms with E-state index in [1.165, 1.54) is 11.8 Å². The third kappa shape index (κ3) is 4.39. The normalized spacial score (nSPS) is 16.1. The summed E-state index contributed by atoms with van der Waals surface area (Å²) in [5.74, 6) is 0.449. The van der Waals surface area contributed by atoms with Crippen LogP contribution < -0.4 is 14.4 Å². The van der Waals surface area contributed by atoms with Gasteiger partial charge in [-0.05, 0) is 48.4 Å². The van der Waals surface area contributed by atoms with Gasteiger partial charge in [0.25, 0.3) is 5.91 Å². The molecule has 1 heterocycles. The molecule has 3 rings (SSSR count). The van der Waals surface area contributed by atoms with Gasteiger partial charge < -0.3 is 14.4 Å². The second-order valence-electron chi connectivity index (χ2n) is 6.80. The van der Waals surface area contributed by atoms with Crippen LogP contribution in [0.15, 0.2) is 48.5 Å². The van der Waals surface area contributed by atoms with Crippen molar-refractivity contribution in [1.29, 1.82) is 0 Å². The molecule has 152 valence electrons. The zero-order valence-electron chi connectivity index (χ0n) is 16.8. The van der Waals surface area contributed by atoms with Crippen molar-refractivity contribution < 1.29 is 23.9 Å². The van der Waals surface area contributed by atoms with Gasteiger partial charge in [-0.1, -0.05) is 12.1 Å². The fourth-order valence-corrected chi connectivity index (χ4v) is 3.44. The molecule has 2 aromatic carbocycles. The second-order valence-corrected chi connectivity index (χ2v) is 6.80. The lowest BCUT2D eigenvalue weighted by atomic mass is 10.1. The van der Waals surface area contributed by atoms with Crippen molar-refractivity contribution in [2.45, 2.75) is 25.8 Å². The maximum absolute atomic E-state index is 13.0. The van der Waals surface area contributed by atoms with Gasteiger partial charge in [0.05, 0.1) is 26.3 Å². The Morgan fingerprint density at radius 1 is 1.00 bits per heavy atom. The number of imide groups is 1. The molecular weight excluding hydrogens is 372 g/mol. The molecule has 29 heavy (non-hydrogen) atoms. The fraction of sp³-hybridized carbons (Fsp3) is 0.318. The Morgan fingerprint density at radius 2 is 1.55 bits per heavy atom. The maximum Gasteiger partial charge on any atom is 0.257 e. The van der Waals surface area contributed by atoms with Gasteiger partial charge in [0.1, 0.15) is 17.5 Å². The number of rotatable bonds is 7. The van der Waals surface area contributed by atoms with E-state index in [9.17, 15) is 14.4 Å². The monoisotopic (exact) mass is 396 g/mol. The van der Waals surface area contributed by atoms with Gasteiger partial charge >= 0.3 is 0 Å². The molecule has 0 spiro atoms. The van der Waals surface area contributed by atoms with E-state index in [0.717, 1.165) is 16.2 Å². The van der Waals surface area contributed by atoms with E-state index >= 15 is 0 Å². The standard InChI is InChI=1S/C22H24N2O5/c1-15(25)23(13-12-16-4-8-18(28-2)9-5-16)20-14-21(26)24(22(20)27)17-6-10-19(29-3)11-7-17/h4-11,20H,12-14H2,1-3H3. The van der Waals surface area contributed by atoms with Crippen LogP contribution in [0, 0.1) is 0 Å². The highest BCUT2D eigenvalue weighted by Gasteiger charge is 2.43. The van der Waals surface area contributed by atoms with E-state index in [2.05, 4.69) is 0 Å². The van der Waals surface area contributed by atoms with Crippen LogP contribution in [0.5, 0.6) is 11.5 Å². The third-order valence-electron chi connectivity index (χ3n) is 5.03. The Kier molecular flexibility index (Phi) is 6.16. The first-order valence-electron chi connectivity index (χ1n) is 9.35. The Bertz CT molecular complexity index is 892. The molecule has 0 saturated carbocycles. The summed E-state index contributed by atoms with van der Waals surface area (Å²) in [5.41, 5.74) is 1.49. The SMILES string of the molecule is COc1ccc(CCN(C(C)=O)C2CC(=O)N(c3ccc(OC)cc3)C2=O)cc1. The minimum atomic E-state index is -0.791. The van der Waals surface area contributed by atoms with Gasteiger partial charge in [-0.15, -0.1) is 0 Å². The predicted molar refractivity (Wildman–Crippen MR) is 108 cm³/mol. The summed E-state index contributed by atoms with van der Waals surface area (Å²) >= 11 is 0. The lowest BCUT2D eigenvalue weighted by Gasteiger charge is -2.26. The molecule has 0 N–H and O–H groups in total. The maximum atomic E-state index is 13.0. The minimum absolute atomic E-state index is 0.0208.